The van der Waals surface area contributed by atoms with Crippen LogP contribution < -0.4 is 5.32 Å². The summed E-state index contributed by atoms with van der Waals surface area (Å²) in [6.45, 7) is 5.93. The molecule has 108 valence electrons. The second-order valence-electron chi connectivity index (χ2n) is 5.45. The highest BCUT2D eigenvalue weighted by molar-refractivity contribution is 14.1. The molecule has 1 aromatic carbocycles. The normalized spacial score (nSPS) is 24.1. The maximum Gasteiger partial charge on any atom is 0.255 e. The lowest BCUT2D eigenvalue weighted by Crippen LogP contribution is -2.52. The Balaban J connectivity index is 1.60. The molecule has 20 heavy (non-hydrogen) atoms. The van der Waals surface area contributed by atoms with Gasteiger partial charge in [-0.2, -0.15) is 0 Å². The van der Waals surface area contributed by atoms with Crippen molar-refractivity contribution in [2.24, 2.45) is 0 Å². The molecule has 0 aromatic heterocycles. The highest BCUT2D eigenvalue weighted by atomic mass is 127. The molecule has 1 N–H and O–H groups in total. The van der Waals surface area contributed by atoms with Crippen molar-refractivity contribution < 1.29 is 4.79 Å². The van der Waals surface area contributed by atoms with Gasteiger partial charge in [-0.25, -0.2) is 0 Å². The van der Waals surface area contributed by atoms with Crippen LogP contribution in [0.4, 0.5) is 0 Å². The Morgan fingerprint density at radius 1 is 1.20 bits per heavy atom. The fourth-order valence-electron chi connectivity index (χ4n) is 3.05. The Labute approximate surface area is 133 Å². The van der Waals surface area contributed by atoms with E-state index in [0.717, 1.165) is 48.4 Å². The molecule has 0 radical (unpaired) electrons. The summed E-state index contributed by atoms with van der Waals surface area (Å²) in [4.78, 5) is 17.1. The van der Waals surface area contributed by atoms with E-state index in [1.54, 1.807) is 0 Å². The Bertz CT molecular complexity index is 480. The minimum absolute atomic E-state index is 0.180. The minimum Gasteiger partial charge on any atom is -0.336 e. The fourth-order valence-corrected chi connectivity index (χ4v) is 3.66. The quantitative estimate of drug-likeness (QED) is 0.783. The number of benzene rings is 1. The van der Waals surface area contributed by atoms with Crippen LogP contribution in [-0.2, 0) is 0 Å². The summed E-state index contributed by atoms with van der Waals surface area (Å²) < 4.78 is 1.04. The Kier molecular flexibility index (Phi) is 4.58. The highest BCUT2D eigenvalue weighted by Gasteiger charge is 2.28. The van der Waals surface area contributed by atoms with E-state index in [0.29, 0.717) is 6.04 Å². The van der Waals surface area contributed by atoms with Gasteiger partial charge in [0.1, 0.15) is 0 Å². The predicted molar refractivity (Wildman–Crippen MR) is 87.9 cm³/mol. The molecule has 0 spiro atoms. The summed E-state index contributed by atoms with van der Waals surface area (Å²) >= 11 is 2.24. The van der Waals surface area contributed by atoms with Crippen LogP contribution in [-0.4, -0.2) is 61.0 Å². The van der Waals surface area contributed by atoms with E-state index in [9.17, 15) is 4.79 Å². The van der Waals surface area contributed by atoms with Gasteiger partial charge < -0.3 is 10.2 Å². The van der Waals surface area contributed by atoms with Crippen LogP contribution in [0.15, 0.2) is 24.3 Å². The standard InChI is InChI=1S/C15H20IN3O/c16-14-4-2-1-3-13(14)15(20)19-9-7-18(8-10-19)12-5-6-17-11-12/h1-4,12,17H,5-11H2. The number of nitrogens with one attached hydrogen (secondary N) is 1. The second-order valence-corrected chi connectivity index (χ2v) is 6.62. The molecule has 2 heterocycles. The number of hydrogen-bond acceptors (Lipinski definition) is 3. The number of nitrogens with zero attached hydrogens (tertiary/aromatic N) is 2. The monoisotopic (exact) mass is 385 g/mol. The van der Waals surface area contributed by atoms with Crippen molar-refractivity contribution >= 4 is 28.5 Å². The molecular weight excluding hydrogens is 365 g/mol. The van der Waals surface area contributed by atoms with Crippen molar-refractivity contribution in [2.75, 3.05) is 39.3 Å². The first-order chi connectivity index (χ1) is 9.75. The second kappa shape index (κ2) is 6.41. The molecular formula is C15H20IN3O. The first-order valence-corrected chi connectivity index (χ1v) is 8.32. The number of hydrogen-bond donors (Lipinski definition) is 1. The average Bonchev–Trinajstić information content (AvgIpc) is 3.01. The number of piperazine rings is 1. The van der Waals surface area contributed by atoms with Crippen molar-refractivity contribution in [2.45, 2.75) is 12.5 Å². The van der Waals surface area contributed by atoms with Crippen LogP contribution in [0.3, 0.4) is 0 Å². The van der Waals surface area contributed by atoms with Gasteiger partial charge in [0.2, 0.25) is 0 Å². The van der Waals surface area contributed by atoms with Gasteiger partial charge in [-0.3, -0.25) is 9.69 Å². The van der Waals surface area contributed by atoms with Crippen molar-refractivity contribution in [3.63, 3.8) is 0 Å². The van der Waals surface area contributed by atoms with Crippen LogP contribution >= 0.6 is 22.6 Å². The summed E-state index contributed by atoms with van der Waals surface area (Å²) in [7, 11) is 0. The third kappa shape index (κ3) is 2.99. The van der Waals surface area contributed by atoms with Crippen LogP contribution in [0.25, 0.3) is 0 Å². The SMILES string of the molecule is O=C(c1ccccc1I)N1CCN(C2CCNC2)CC1. The molecule has 4 nitrogen and oxygen atoms in total. The third-order valence-corrected chi connectivity index (χ3v) is 5.20. The van der Waals surface area contributed by atoms with Crippen LogP contribution in [0.1, 0.15) is 16.8 Å². The zero-order chi connectivity index (χ0) is 13.9. The molecule has 0 saturated carbocycles. The predicted octanol–water partition coefficient (Wildman–Crippen LogP) is 1.41. The van der Waals surface area contributed by atoms with E-state index in [4.69, 9.17) is 0 Å². The molecule has 5 heteroatoms. The van der Waals surface area contributed by atoms with Crippen LogP contribution in [0, 0.1) is 3.57 Å². The molecule has 1 atom stereocenters. The zero-order valence-electron chi connectivity index (χ0n) is 11.5. The molecule has 2 aliphatic heterocycles. The molecule has 2 aliphatic rings. The van der Waals surface area contributed by atoms with E-state index in [2.05, 4.69) is 32.8 Å². The zero-order valence-corrected chi connectivity index (χ0v) is 13.7. The Morgan fingerprint density at radius 3 is 2.60 bits per heavy atom. The van der Waals surface area contributed by atoms with E-state index in [1.807, 2.05) is 29.2 Å². The van der Waals surface area contributed by atoms with E-state index in [1.165, 1.54) is 6.42 Å². The summed E-state index contributed by atoms with van der Waals surface area (Å²) in [6, 6.07) is 8.51. The number of carbonyl (C=O) groups is 1. The molecule has 0 bridgehead atoms. The van der Waals surface area contributed by atoms with Crippen LogP contribution in [0.2, 0.25) is 0 Å². The van der Waals surface area contributed by atoms with Crippen molar-refractivity contribution in [3.05, 3.63) is 33.4 Å². The molecule has 2 saturated heterocycles. The molecule has 1 amide bonds. The Morgan fingerprint density at radius 2 is 1.95 bits per heavy atom. The summed E-state index contributed by atoms with van der Waals surface area (Å²) in [5.74, 6) is 0.180. The Hall–Kier alpha value is -0.660. The lowest BCUT2D eigenvalue weighted by molar-refractivity contribution is 0.0583. The van der Waals surface area contributed by atoms with Gasteiger partial charge in [-0.05, 0) is 47.7 Å². The van der Waals surface area contributed by atoms with Gasteiger partial charge in [0.25, 0.3) is 5.91 Å². The van der Waals surface area contributed by atoms with Crippen LogP contribution in [0.5, 0.6) is 0 Å². The maximum atomic E-state index is 12.5. The summed E-state index contributed by atoms with van der Waals surface area (Å²) in [6.07, 6.45) is 1.24. The molecule has 2 fully saturated rings. The maximum absolute atomic E-state index is 12.5. The first kappa shape index (κ1) is 14.3. The van der Waals surface area contributed by atoms with Gasteiger partial charge in [0.15, 0.2) is 0 Å². The third-order valence-electron chi connectivity index (χ3n) is 4.26. The molecule has 0 aliphatic carbocycles. The van der Waals surface area contributed by atoms with Crippen molar-refractivity contribution in [1.82, 2.24) is 15.1 Å². The summed E-state index contributed by atoms with van der Waals surface area (Å²) in [5.41, 5.74) is 0.837. The summed E-state index contributed by atoms with van der Waals surface area (Å²) in [5, 5.41) is 3.41. The number of carbonyl (C=O) groups excluding carboxylic acids is 1. The molecule has 1 aromatic rings. The molecule has 1 unspecified atom stereocenters. The van der Waals surface area contributed by atoms with Gasteiger partial charge in [0.05, 0.1) is 5.56 Å². The van der Waals surface area contributed by atoms with E-state index >= 15 is 0 Å². The number of halogens is 1. The number of amides is 1. The van der Waals surface area contributed by atoms with Crippen molar-refractivity contribution in [3.8, 4) is 0 Å². The lowest BCUT2D eigenvalue weighted by Gasteiger charge is -2.37. The van der Waals surface area contributed by atoms with E-state index in [-0.39, 0.29) is 5.91 Å². The minimum atomic E-state index is 0.180. The van der Waals surface area contributed by atoms with Crippen molar-refractivity contribution in [1.29, 1.82) is 0 Å². The first-order valence-electron chi connectivity index (χ1n) is 7.24. The van der Waals surface area contributed by atoms with Gasteiger partial charge in [-0.1, -0.05) is 12.1 Å². The fraction of sp³-hybridized carbons (Fsp3) is 0.533. The molecule has 3 rings (SSSR count). The topological polar surface area (TPSA) is 35.6 Å². The van der Waals surface area contributed by atoms with E-state index < -0.39 is 0 Å². The largest absolute Gasteiger partial charge is 0.336 e. The lowest BCUT2D eigenvalue weighted by atomic mass is 10.1. The van der Waals surface area contributed by atoms with Gasteiger partial charge >= 0.3 is 0 Å². The van der Waals surface area contributed by atoms with Gasteiger partial charge in [-0.15, -0.1) is 0 Å². The highest BCUT2D eigenvalue weighted by Crippen LogP contribution is 2.17. The smallest absolute Gasteiger partial charge is 0.255 e. The average molecular weight is 385 g/mol. The number of rotatable bonds is 2. The van der Waals surface area contributed by atoms with Gasteiger partial charge in [0, 0.05) is 42.3 Å².